The molecule has 0 bridgehead atoms. The summed E-state index contributed by atoms with van der Waals surface area (Å²) in [5.74, 6) is 0.282. The summed E-state index contributed by atoms with van der Waals surface area (Å²) in [5.41, 5.74) is 3.65. The fourth-order valence-corrected chi connectivity index (χ4v) is 6.02. The summed E-state index contributed by atoms with van der Waals surface area (Å²) in [7, 11) is 0. The summed E-state index contributed by atoms with van der Waals surface area (Å²) in [4.78, 5) is 17.1. The maximum absolute atomic E-state index is 10.6. The lowest BCUT2D eigenvalue weighted by Gasteiger charge is -2.37. The number of ether oxygens (including phenoxy) is 4. The number of benzene rings is 2. The van der Waals surface area contributed by atoms with Gasteiger partial charge in [0.25, 0.3) is 0 Å². The number of hydrogen-bond donors (Lipinski definition) is 0. The quantitative estimate of drug-likeness (QED) is 0.327. The molecular weight excluding hydrogens is 522 g/mol. The second kappa shape index (κ2) is 13.0. The van der Waals surface area contributed by atoms with Crippen LogP contribution in [0.3, 0.4) is 0 Å². The van der Waals surface area contributed by atoms with Gasteiger partial charge in [0.2, 0.25) is 0 Å². The van der Waals surface area contributed by atoms with Gasteiger partial charge in [-0.25, -0.2) is 0 Å². The summed E-state index contributed by atoms with van der Waals surface area (Å²) in [6.45, 7) is 6.62. The number of rotatable bonds is 11. The van der Waals surface area contributed by atoms with E-state index in [2.05, 4.69) is 56.4 Å². The Labute approximate surface area is 241 Å². The highest BCUT2D eigenvalue weighted by molar-refractivity contribution is 5.54. The smallest absolute Gasteiger partial charge is 0.193 e. The molecule has 0 spiro atoms. The van der Waals surface area contributed by atoms with E-state index in [9.17, 15) is 4.79 Å². The average molecular weight is 562 g/mol. The van der Waals surface area contributed by atoms with Crippen molar-refractivity contribution in [2.45, 2.75) is 44.1 Å². The molecule has 10 heteroatoms. The van der Waals surface area contributed by atoms with Gasteiger partial charge in [-0.1, -0.05) is 12.1 Å². The largest absolute Gasteiger partial charge is 0.491 e. The van der Waals surface area contributed by atoms with Gasteiger partial charge in [-0.3, -0.25) is 0 Å². The van der Waals surface area contributed by atoms with Crippen molar-refractivity contribution < 1.29 is 23.7 Å². The molecule has 218 valence electrons. The van der Waals surface area contributed by atoms with Gasteiger partial charge >= 0.3 is 0 Å². The molecule has 10 nitrogen and oxygen atoms in total. The predicted octanol–water partition coefficient (Wildman–Crippen LogP) is 3.35. The zero-order valence-corrected chi connectivity index (χ0v) is 23.5. The topological polar surface area (TPSA) is 91.2 Å². The van der Waals surface area contributed by atoms with E-state index >= 15 is 0 Å². The van der Waals surface area contributed by atoms with E-state index in [0.29, 0.717) is 39.4 Å². The molecule has 3 aliphatic rings. The lowest BCUT2D eigenvalue weighted by Crippen LogP contribution is -2.47. The van der Waals surface area contributed by atoms with Crippen molar-refractivity contribution in [3.8, 4) is 5.75 Å². The number of hydrogen-bond acceptors (Lipinski definition) is 9. The minimum Gasteiger partial charge on any atom is -0.491 e. The summed E-state index contributed by atoms with van der Waals surface area (Å²) < 4.78 is 24.6. The summed E-state index contributed by atoms with van der Waals surface area (Å²) in [6.07, 6.45) is 7.32. The number of carbonyl (C=O) groups excluding carboxylic acids is 1. The molecule has 2 atom stereocenters. The van der Waals surface area contributed by atoms with Gasteiger partial charge in [-0.15, -0.1) is 0 Å². The lowest BCUT2D eigenvalue weighted by molar-refractivity contribution is -0.231. The molecule has 3 aliphatic heterocycles. The normalized spacial score (nSPS) is 23.6. The van der Waals surface area contributed by atoms with Gasteiger partial charge in [-0.05, 0) is 61.2 Å². The summed E-state index contributed by atoms with van der Waals surface area (Å²) >= 11 is 0. The van der Waals surface area contributed by atoms with E-state index in [1.807, 2.05) is 12.1 Å². The molecule has 4 heterocycles. The Bertz CT molecular complexity index is 1220. The maximum atomic E-state index is 10.6. The van der Waals surface area contributed by atoms with Gasteiger partial charge in [0.05, 0.1) is 19.0 Å². The van der Waals surface area contributed by atoms with Crippen molar-refractivity contribution in [1.29, 1.82) is 0 Å². The van der Waals surface area contributed by atoms with Crippen LogP contribution in [0.5, 0.6) is 5.75 Å². The van der Waals surface area contributed by atoms with Crippen LogP contribution in [-0.4, -0.2) is 85.8 Å². The third-order valence-corrected chi connectivity index (χ3v) is 8.32. The molecule has 0 saturated carbocycles. The van der Waals surface area contributed by atoms with Gasteiger partial charge in [0.15, 0.2) is 5.79 Å². The van der Waals surface area contributed by atoms with Crippen LogP contribution >= 0.6 is 0 Å². The first-order valence-corrected chi connectivity index (χ1v) is 14.7. The average Bonchev–Trinajstić information content (AvgIpc) is 3.71. The highest BCUT2D eigenvalue weighted by Crippen LogP contribution is 2.38. The van der Waals surface area contributed by atoms with E-state index in [1.165, 1.54) is 16.9 Å². The molecule has 2 aromatic carbocycles. The monoisotopic (exact) mass is 561 g/mol. The number of anilines is 2. The molecule has 0 aliphatic carbocycles. The van der Waals surface area contributed by atoms with Crippen molar-refractivity contribution in [1.82, 2.24) is 15.0 Å². The molecule has 2 unspecified atom stereocenters. The summed E-state index contributed by atoms with van der Waals surface area (Å²) in [5, 5.41) is 8.57. The van der Waals surface area contributed by atoms with Gasteiger partial charge in [-0.2, -0.15) is 15.0 Å². The SMILES string of the molecule is O=CCCc1ccc(N2CCN(c3ccc(OCC4COC(Cn5nccn5)(C5CCOCC5)O4)cc3)CC2)cc1. The van der Waals surface area contributed by atoms with Crippen LogP contribution in [0.4, 0.5) is 11.4 Å². The lowest BCUT2D eigenvalue weighted by atomic mass is 9.90. The molecule has 0 amide bonds. The number of carbonyl (C=O) groups is 1. The molecule has 0 radical (unpaired) electrons. The molecule has 1 aromatic heterocycles. The standard InChI is InChI=1S/C31H39N5O5/c37-19-1-2-25-3-5-27(6-4-25)34-15-17-35(18-16-34)28-7-9-29(10-8-28)39-22-30-23-40-31(41-30,24-36-32-13-14-33-36)26-11-20-38-21-12-26/h3-10,13-14,19,26,30H,1-2,11-12,15-18,20-24H2. The number of nitrogens with zero attached hydrogens (tertiary/aromatic N) is 5. The Morgan fingerprint density at radius 3 is 2.17 bits per heavy atom. The first-order chi connectivity index (χ1) is 20.2. The second-order valence-corrected chi connectivity index (χ2v) is 11.0. The minimum absolute atomic E-state index is 0.166. The molecular formula is C31H39N5O5. The molecule has 3 fully saturated rings. The van der Waals surface area contributed by atoms with Crippen LogP contribution in [0.25, 0.3) is 0 Å². The highest BCUT2D eigenvalue weighted by atomic mass is 16.8. The van der Waals surface area contributed by atoms with E-state index in [4.69, 9.17) is 18.9 Å². The molecule has 0 N–H and O–H groups in total. The zero-order chi connectivity index (χ0) is 27.9. The fourth-order valence-electron chi connectivity index (χ4n) is 6.02. The number of aldehydes is 1. The second-order valence-electron chi connectivity index (χ2n) is 11.0. The Balaban J connectivity index is 0.989. The van der Waals surface area contributed by atoms with Gasteiger partial charge < -0.3 is 33.5 Å². The Kier molecular flexibility index (Phi) is 8.79. The van der Waals surface area contributed by atoms with Crippen molar-refractivity contribution in [2.75, 3.05) is 62.4 Å². The fraction of sp³-hybridized carbons (Fsp3) is 0.516. The first-order valence-electron chi connectivity index (χ1n) is 14.7. The summed E-state index contributed by atoms with van der Waals surface area (Å²) in [6, 6.07) is 16.9. The Morgan fingerprint density at radius 2 is 1.54 bits per heavy atom. The number of aryl methyl sites for hydroxylation is 1. The van der Waals surface area contributed by atoms with E-state index in [1.54, 1.807) is 17.2 Å². The maximum Gasteiger partial charge on any atom is 0.193 e. The molecule has 41 heavy (non-hydrogen) atoms. The van der Waals surface area contributed by atoms with Crippen molar-refractivity contribution >= 4 is 17.7 Å². The molecule has 6 rings (SSSR count). The van der Waals surface area contributed by atoms with E-state index in [-0.39, 0.29) is 12.0 Å². The number of piperazine rings is 1. The third kappa shape index (κ3) is 6.72. The van der Waals surface area contributed by atoms with Crippen LogP contribution in [0.15, 0.2) is 60.9 Å². The minimum atomic E-state index is -0.763. The van der Waals surface area contributed by atoms with Crippen LogP contribution < -0.4 is 14.5 Å². The third-order valence-electron chi connectivity index (χ3n) is 8.32. The molecule has 3 aromatic rings. The van der Waals surface area contributed by atoms with Crippen molar-refractivity contribution in [2.24, 2.45) is 5.92 Å². The highest BCUT2D eigenvalue weighted by Gasteiger charge is 2.49. The van der Waals surface area contributed by atoms with Crippen molar-refractivity contribution in [3.05, 3.63) is 66.5 Å². The van der Waals surface area contributed by atoms with Crippen LogP contribution in [0.1, 0.15) is 24.8 Å². The number of aromatic nitrogens is 3. The molecule has 3 saturated heterocycles. The van der Waals surface area contributed by atoms with E-state index < -0.39 is 5.79 Å². The Hall–Kier alpha value is -3.47. The van der Waals surface area contributed by atoms with E-state index in [0.717, 1.165) is 57.5 Å². The first kappa shape index (κ1) is 27.7. The Morgan fingerprint density at radius 1 is 0.902 bits per heavy atom. The van der Waals surface area contributed by atoms with Crippen LogP contribution in [-0.2, 0) is 32.0 Å². The van der Waals surface area contributed by atoms with Gasteiger partial charge in [0, 0.05) is 63.1 Å². The van der Waals surface area contributed by atoms with Crippen LogP contribution in [0, 0.1) is 5.92 Å². The van der Waals surface area contributed by atoms with Gasteiger partial charge in [0.1, 0.15) is 31.3 Å². The zero-order valence-electron chi connectivity index (χ0n) is 23.5. The predicted molar refractivity (Wildman–Crippen MR) is 154 cm³/mol. The van der Waals surface area contributed by atoms with Crippen LogP contribution in [0.2, 0.25) is 0 Å². The van der Waals surface area contributed by atoms with Crippen molar-refractivity contribution in [3.63, 3.8) is 0 Å².